The molecule has 2 rings (SSSR count). The molecule has 1 heterocycles. The largest absolute Gasteiger partial charge is 0.386 e. The summed E-state index contributed by atoms with van der Waals surface area (Å²) in [4.78, 5) is 15.3. The predicted octanol–water partition coefficient (Wildman–Crippen LogP) is 0.552. The van der Waals surface area contributed by atoms with E-state index in [1.54, 1.807) is 6.08 Å². The van der Waals surface area contributed by atoms with Crippen LogP contribution in [0.4, 0.5) is 0 Å². The smallest absolute Gasteiger partial charge is 0.179 e. The number of nitrogens with two attached hydrogens (primary N) is 1. The molecule has 0 bridgehead atoms. The number of hydrogen-bond donors (Lipinski definition) is 1. The van der Waals surface area contributed by atoms with Gasteiger partial charge in [-0.25, -0.2) is 4.99 Å². The molecule has 12 heavy (non-hydrogen) atoms. The number of carbonyl (C=O) groups excluding carboxylic acids is 1. The first-order valence-corrected chi connectivity index (χ1v) is 3.56. The average Bonchev–Trinajstić information content (AvgIpc) is 2.30. The Morgan fingerprint density at radius 3 is 2.33 bits per heavy atom. The van der Waals surface area contributed by atoms with Gasteiger partial charge in [-0.05, 0) is 11.6 Å². The summed E-state index contributed by atoms with van der Waals surface area (Å²) in [5, 5.41) is 0. The fraction of sp³-hybridized carbons (Fsp3) is 0.111. The SMILES string of the molecule is C=C1C=CC(=O)C12C(=C)N=C2N. The molecule has 3 nitrogen and oxygen atoms in total. The van der Waals surface area contributed by atoms with Crippen molar-refractivity contribution in [2.45, 2.75) is 0 Å². The highest BCUT2D eigenvalue weighted by Gasteiger charge is 2.54. The lowest BCUT2D eigenvalue weighted by atomic mass is 9.73. The maximum Gasteiger partial charge on any atom is 0.179 e. The summed E-state index contributed by atoms with van der Waals surface area (Å²) in [5.41, 5.74) is 5.87. The highest BCUT2D eigenvalue weighted by molar-refractivity contribution is 6.24. The summed E-state index contributed by atoms with van der Waals surface area (Å²) in [6, 6.07) is 0. The average molecular weight is 160 g/mol. The Balaban J connectivity index is 2.61. The number of nitrogens with zero attached hydrogens (tertiary/aromatic N) is 1. The highest BCUT2D eigenvalue weighted by Crippen LogP contribution is 2.46. The molecule has 0 aromatic heterocycles. The first kappa shape index (κ1) is 7.03. The van der Waals surface area contributed by atoms with Gasteiger partial charge in [0.25, 0.3) is 0 Å². The van der Waals surface area contributed by atoms with Crippen molar-refractivity contribution in [1.82, 2.24) is 0 Å². The fourth-order valence-electron chi connectivity index (χ4n) is 1.61. The minimum absolute atomic E-state index is 0.0787. The lowest BCUT2D eigenvalue weighted by Gasteiger charge is -2.35. The van der Waals surface area contributed by atoms with Crippen LogP contribution < -0.4 is 5.73 Å². The molecule has 60 valence electrons. The van der Waals surface area contributed by atoms with E-state index in [0.29, 0.717) is 17.1 Å². The van der Waals surface area contributed by atoms with E-state index >= 15 is 0 Å². The first-order chi connectivity index (χ1) is 5.60. The summed E-state index contributed by atoms with van der Waals surface area (Å²) >= 11 is 0. The van der Waals surface area contributed by atoms with Crippen LogP contribution in [0.5, 0.6) is 0 Å². The number of aliphatic imine (C=N–C) groups is 1. The molecule has 2 N–H and O–H groups in total. The van der Waals surface area contributed by atoms with Crippen LogP contribution in [-0.4, -0.2) is 11.6 Å². The van der Waals surface area contributed by atoms with Crippen molar-refractivity contribution in [3.05, 3.63) is 36.6 Å². The molecule has 0 amide bonds. The lowest BCUT2D eigenvalue weighted by Crippen LogP contribution is -2.49. The van der Waals surface area contributed by atoms with Gasteiger partial charge in [-0.3, -0.25) is 4.79 Å². The molecule has 0 aromatic rings. The van der Waals surface area contributed by atoms with Gasteiger partial charge in [-0.2, -0.15) is 0 Å². The van der Waals surface area contributed by atoms with Crippen LogP contribution >= 0.6 is 0 Å². The zero-order valence-electron chi connectivity index (χ0n) is 6.50. The Bertz CT molecular complexity index is 356. The zero-order valence-corrected chi connectivity index (χ0v) is 6.50. The second-order valence-electron chi connectivity index (χ2n) is 2.92. The minimum atomic E-state index is -0.861. The van der Waals surface area contributed by atoms with E-state index in [9.17, 15) is 4.79 Å². The fourth-order valence-corrected chi connectivity index (χ4v) is 1.61. The second-order valence-corrected chi connectivity index (χ2v) is 2.92. The van der Waals surface area contributed by atoms with Crippen LogP contribution in [-0.2, 0) is 4.79 Å². The van der Waals surface area contributed by atoms with Crippen molar-refractivity contribution in [3.8, 4) is 0 Å². The Morgan fingerprint density at radius 2 is 2.08 bits per heavy atom. The molecule has 2 aliphatic rings. The van der Waals surface area contributed by atoms with E-state index in [1.165, 1.54) is 6.08 Å². The molecular weight excluding hydrogens is 152 g/mol. The Kier molecular flexibility index (Phi) is 1.02. The summed E-state index contributed by atoms with van der Waals surface area (Å²) in [7, 11) is 0. The molecule has 1 unspecified atom stereocenters. The molecule has 1 aliphatic carbocycles. The van der Waals surface area contributed by atoms with E-state index in [4.69, 9.17) is 5.73 Å². The Hall–Kier alpha value is -1.64. The first-order valence-electron chi connectivity index (χ1n) is 3.56. The minimum Gasteiger partial charge on any atom is -0.386 e. The molecule has 3 heteroatoms. The van der Waals surface area contributed by atoms with Crippen molar-refractivity contribution in [2.24, 2.45) is 16.1 Å². The predicted molar refractivity (Wildman–Crippen MR) is 46.5 cm³/mol. The molecular formula is C9H8N2O. The van der Waals surface area contributed by atoms with E-state index < -0.39 is 5.41 Å². The van der Waals surface area contributed by atoms with Crippen molar-refractivity contribution >= 4 is 11.6 Å². The van der Waals surface area contributed by atoms with Gasteiger partial charge in [0, 0.05) is 0 Å². The molecule has 0 saturated carbocycles. The number of ketones is 1. The van der Waals surface area contributed by atoms with Gasteiger partial charge in [0.05, 0.1) is 5.70 Å². The molecule has 0 fully saturated rings. The third kappa shape index (κ3) is 0.460. The van der Waals surface area contributed by atoms with Crippen LogP contribution in [0.2, 0.25) is 0 Å². The Morgan fingerprint density at radius 1 is 1.42 bits per heavy atom. The molecule has 0 aromatic carbocycles. The number of carbonyl (C=O) groups is 1. The molecule has 1 atom stereocenters. The van der Waals surface area contributed by atoms with E-state index in [1.807, 2.05) is 0 Å². The maximum atomic E-state index is 11.4. The standard InChI is InChI=1S/C9H8N2O/c1-5-3-4-7(12)9(5)6(2)11-8(9)10/h3-4H,1-2H2,(H2,10,11). The normalized spacial score (nSPS) is 32.7. The molecule has 1 aliphatic heterocycles. The van der Waals surface area contributed by atoms with E-state index in [2.05, 4.69) is 18.2 Å². The molecule has 0 saturated heterocycles. The second kappa shape index (κ2) is 1.75. The van der Waals surface area contributed by atoms with E-state index in [-0.39, 0.29) is 5.78 Å². The van der Waals surface area contributed by atoms with Crippen LogP contribution in [0, 0.1) is 5.41 Å². The van der Waals surface area contributed by atoms with Gasteiger partial charge in [-0.15, -0.1) is 0 Å². The van der Waals surface area contributed by atoms with Crippen LogP contribution in [0.3, 0.4) is 0 Å². The van der Waals surface area contributed by atoms with Crippen molar-refractivity contribution in [1.29, 1.82) is 0 Å². The summed E-state index contributed by atoms with van der Waals surface area (Å²) in [6.45, 7) is 7.41. The van der Waals surface area contributed by atoms with Crippen LogP contribution in [0.1, 0.15) is 0 Å². The molecule has 0 radical (unpaired) electrons. The van der Waals surface area contributed by atoms with Gasteiger partial charge in [0.1, 0.15) is 5.84 Å². The van der Waals surface area contributed by atoms with Gasteiger partial charge < -0.3 is 5.73 Å². The van der Waals surface area contributed by atoms with Crippen molar-refractivity contribution in [2.75, 3.05) is 0 Å². The van der Waals surface area contributed by atoms with Crippen molar-refractivity contribution in [3.63, 3.8) is 0 Å². The van der Waals surface area contributed by atoms with Crippen molar-refractivity contribution < 1.29 is 4.79 Å². The van der Waals surface area contributed by atoms with Gasteiger partial charge in [-0.1, -0.05) is 19.2 Å². The topological polar surface area (TPSA) is 55.5 Å². The zero-order chi connectivity index (χ0) is 8.93. The van der Waals surface area contributed by atoms with Crippen LogP contribution in [0.25, 0.3) is 0 Å². The summed E-state index contributed by atoms with van der Waals surface area (Å²) in [6.07, 6.45) is 3.13. The lowest BCUT2D eigenvalue weighted by molar-refractivity contribution is -0.117. The third-order valence-corrected chi connectivity index (χ3v) is 2.36. The highest BCUT2D eigenvalue weighted by atomic mass is 16.1. The monoisotopic (exact) mass is 160 g/mol. The number of amidine groups is 1. The quantitative estimate of drug-likeness (QED) is 0.562. The van der Waals surface area contributed by atoms with E-state index in [0.717, 1.165) is 0 Å². The third-order valence-electron chi connectivity index (χ3n) is 2.36. The number of allylic oxidation sites excluding steroid dienone is 2. The number of rotatable bonds is 0. The number of hydrogen-bond acceptors (Lipinski definition) is 3. The van der Waals surface area contributed by atoms with Gasteiger partial charge >= 0.3 is 0 Å². The molecule has 1 spiro atoms. The summed E-state index contributed by atoms with van der Waals surface area (Å²) in [5.74, 6) is 0.234. The van der Waals surface area contributed by atoms with Gasteiger partial charge in [0.2, 0.25) is 0 Å². The Labute approximate surface area is 70.0 Å². The van der Waals surface area contributed by atoms with Crippen LogP contribution in [0.15, 0.2) is 41.6 Å². The summed E-state index contributed by atoms with van der Waals surface area (Å²) < 4.78 is 0. The maximum absolute atomic E-state index is 11.4. The van der Waals surface area contributed by atoms with Gasteiger partial charge in [0.15, 0.2) is 11.2 Å².